The zero-order valence-electron chi connectivity index (χ0n) is 43.5. The van der Waals surface area contributed by atoms with E-state index < -0.39 is 11.9 Å². The number of aromatic carboxylic acids is 2. The Labute approximate surface area is 472 Å². The molecule has 0 bridgehead atoms. The number of carboxylic acids is 2. The number of aromatic nitrogens is 4. The Kier molecular flexibility index (Phi) is 20.0. The van der Waals surface area contributed by atoms with E-state index in [1.807, 2.05) is 26.2 Å². The maximum Gasteiger partial charge on any atom is 2.00 e. The minimum atomic E-state index is -1.08. The fourth-order valence-electron chi connectivity index (χ4n) is 10.8. The summed E-state index contributed by atoms with van der Waals surface area (Å²) in [5.74, 6) is -0.253. The van der Waals surface area contributed by atoms with Crippen LogP contribution in [0.5, 0.6) is 11.5 Å². The number of pyridine rings is 4. The van der Waals surface area contributed by atoms with Gasteiger partial charge in [0, 0.05) is 35.6 Å². The van der Waals surface area contributed by atoms with Crippen LogP contribution in [0.4, 0.5) is 0 Å². The molecule has 0 spiro atoms. The van der Waals surface area contributed by atoms with Gasteiger partial charge in [-0.15, -0.1) is 0 Å². The van der Waals surface area contributed by atoms with Gasteiger partial charge in [0.05, 0.1) is 47.1 Å². The van der Waals surface area contributed by atoms with Crippen molar-refractivity contribution in [2.24, 2.45) is 0 Å². The molecule has 4 heterocycles. The predicted molar refractivity (Wildman–Crippen MR) is 308 cm³/mol. The van der Waals surface area contributed by atoms with E-state index in [1.54, 1.807) is 0 Å². The van der Waals surface area contributed by atoms with E-state index in [2.05, 4.69) is 159 Å². The first-order valence-corrected chi connectivity index (χ1v) is 25.8. The molecule has 2 aliphatic rings. The van der Waals surface area contributed by atoms with E-state index in [-0.39, 0.29) is 41.4 Å². The topological polar surface area (TPSA) is 189 Å². The summed E-state index contributed by atoms with van der Waals surface area (Å²) in [4.78, 5) is 39.2. The molecule has 4 aromatic heterocycles. The van der Waals surface area contributed by atoms with Crippen molar-refractivity contribution in [1.82, 2.24) is 19.9 Å². The molecule has 8 aromatic rings. The van der Waals surface area contributed by atoms with Crippen molar-refractivity contribution >= 4 is 46.7 Å². The Balaban J connectivity index is 0.000000321. The number of isothiocyanates is 2. The standard InChI is InChI=1S/C48H48N2O2.C12H8N2O4.2CNS.Ru/c1-7-47(8-2)41-25-31(13-17-37(41)39-19-15-35(51-11-5)29-43(39)47)33-21-23-49-45(27-33)46-28-34(22-24-50-46)32-14-18-38-40-20-16-36(52-12-6)30-44(40)48(9-3,10-4)42(38)26-32;15-11(16)7-1-3-13-9(5-7)10-6-8(12(17)18)2-4-14-10;2*2-1-3;/h13-30H,7-12H2,1-6H3;1-6H,(H,15,16)(H,17,18);;;/q;;2*-1;+2. The third kappa shape index (κ3) is 12.0. The third-order valence-corrected chi connectivity index (χ3v) is 14.4. The van der Waals surface area contributed by atoms with Crippen molar-refractivity contribution in [2.75, 3.05) is 13.2 Å². The van der Waals surface area contributed by atoms with Crippen LogP contribution in [-0.2, 0) is 30.3 Å². The van der Waals surface area contributed by atoms with Gasteiger partial charge in [-0.3, -0.25) is 19.9 Å². The second-order valence-electron chi connectivity index (χ2n) is 17.9. The maximum atomic E-state index is 10.8. The summed E-state index contributed by atoms with van der Waals surface area (Å²) in [5.41, 5.74) is 18.0. The number of nitrogens with zero attached hydrogens (tertiary/aromatic N) is 6. The second-order valence-corrected chi connectivity index (χ2v) is 18.3. The Morgan fingerprint density at radius 1 is 0.455 bits per heavy atom. The SMILES string of the molecule is CCOc1ccc2c(c1)C(CC)(CC)c1cc(-c3ccnc(-c4cc(-c5ccc6c(c5)C(CC)(CC)c5cc(OCC)ccc5-6)ccn4)c3)ccc1-2.O=C(O)c1ccnc(-c2cc(C(=O)O)ccn2)c1.[N-]=C=S.[N-]=C=S.[Ru+2]. The number of carbonyl (C=O) groups is 2. The van der Waals surface area contributed by atoms with Gasteiger partial charge in [0.15, 0.2) is 0 Å². The van der Waals surface area contributed by atoms with E-state index >= 15 is 0 Å². The van der Waals surface area contributed by atoms with Crippen LogP contribution >= 0.6 is 24.4 Å². The molecule has 0 radical (unpaired) electrons. The molecular weight excluding hydrogens is 1090 g/mol. The molecule has 0 saturated carbocycles. The molecular formula is C62H56N6O6RuS2. The zero-order chi connectivity index (χ0) is 54.6. The Morgan fingerprint density at radius 2 is 0.740 bits per heavy atom. The summed E-state index contributed by atoms with van der Waals surface area (Å²) in [6.45, 7) is 14.7. The van der Waals surface area contributed by atoms with Gasteiger partial charge in [0.2, 0.25) is 0 Å². The summed E-state index contributed by atoms with van der Waals surface area (Å²) in [7, 11) is 0. The van der Waals surface area contributed by atoms with E-state index in [9.17, 15) is 9.59 Å². The van der Waals surface area contributed by atoms with E-state index in [0.29, 0.717) is 24.6 Å². The van der Waals surface area contributed by atoms with Gasteiger partial charge in [-0.1, -0.05) is 88.5 Å². The largest absolute Gasteiger partial charge is 2.00 e. The van der Waals surface area contributed by atoms with Crippen LogP contribution in [0.1, 0.15) is 110 Å². The van der Waals surface area contributed by atoms with Gasteiger partial charge in [-0.05, 0) is 191 Å². The summed E-state index contributed by atoms with van der Waals surface area (Å²) in [6.07, 6.45) is 10.6. The quantitative estimate of drug-likeness (QED) is 0.0596. The van der Waals surface area contributed by atoms with Crippen molar-refractivity contribution in [3.63, 3.8) is 0 Å². The number of hydrogen-bond donors (Lipinski definition) is 2. The maximum absolute atomic E-state index is 10.8. The van der Waals surface area contributed by atoms with Crippen LogP contribution in [0.15, 0.2) is 146 Å². The van der Waals surface area contributed by atoms with Crippen molar-refractivity contribution < 1.29 is 48.8 Å². The number of ether oxygens (including phenoxy) is 2. The van der Waals surface area contributed by atoms with Crippen LogP contribution in [-0.4, -0.2) is 65.6 Å². The summed E-state index contributed by atoms with van der Waals surface area (Å²) in [6, 6.07) is 41.3. The zero-order valence-corrected chi connectivity index (χ0v) is 46.9. The van der Waals surface area contributed by atoms with Crippen molar-refractivity contribution in [2.45, 2.75) is 78.1 Å². The molecule has 0 amide bonds. The minimum Gasteiger partial charge on any atom is -0.753 e. The molecule has 4 aromatic carbocycles. The Hall–Kier alpha value is -7.76. The van der Waals surface area contributed by atoms with E-state index in [4.69, 9.17) is 40.5 Å². The first kappa shape index (κ1) is 58.5. The van der Waals surface area contributed by atoms with Crippen LogP contribution in [0, 0.1) is 0 Å². The normalized spacial score (nSPS) is 12.2. The average molecular weight is 1150 g/mol. The van der Waals surface area contributed by atoms with Gasteiger partial charge >= 0.3 is 31.4 Å². The third-order valence-electron chi connectivity index (χ3n) is 14.4. The van der Waals surface area contributed by atoms with E-state index in [0.717, 1.165) is 59.7 Å². The molecule has 15 heteroatoms. The summed E-state index contributed by atoms with van der Waals surface area (Å²) in [5, 5.41) is 34.6. The molecule has 0 saturated heterocycles. The van der Waals surface area contributed by atoms with Gasteiger partial charge in [-0.2, -0.15) is 10.3 Å². The Bertz CT molecular complexity index is 3280. The van der Waals surface area contributed by atoms with Gasteiger partial charge < -0.3 is 30.5 Å². The fraction of sp³-hybridized carbons (Fsp3) is 0.226. The molecule has 12 nitrogen and oxygen atoms in total. The minimum absolute atomic E-state index is 0. The molecule has 77 heavy (non-hydrogen) atoms. The molecule has 2 N–H and O–H groups in total. The van der Waals surface area contributed by atoms with Crippen molar-refractivity contribution in [1.29, 1.82) is 0 Å². The van der Waals surface area contributed by atoms with E-state index in [1.165, 1.54) is 103 Å². The van der Waals surface area contributed by atoms with Crippen molar-refractivity contribution in [3.05, 3.63) is 190 Å². The number of fused-ring (bicyclic) bond motifs is 6. The monoisotopic (exact) mass is 1150 g/mol. The average Bonchev–Trinajstić information content (AvgIpc) is 4.02. The number of carboxylic acid groups (broad SMARTS) is 2. The number of rotatable bonds is 14. The van der Waals surface area contributed by atoms with Crippen LogP contribution < -0.4 is 9.47 Å². The van der Waals surface area contributed by atoms with Gasteiger partial charge in [-0.25, -0.2) is 9.59 Å². The molecule has 10 rings (SSSR count). The second kappa shape index (κ2) is 26.3. The molecule has 0 unspecified atom stereocenters. The fourth-order valence-corrected chi connectivity index (χ4v) is 10.8. The Morgan fingerprint density at radius 3 is 1.05 bits per heavy atom. The van der Waals surface area contributed by atoms with Crippen LogP contribution in [0.3, 0.4) is 0 Å². The van der Waals surface area contributed by atoms with Crippen LogP contribution in [0.25, 0.3) is 78.1 Å². The van der Waals surface area contributed by atoms with Gasteiger partial charge in [0.1, 0.15) is 11.5 Å². The molecule has 0 atom stereocenters. The van der Waals surface area contributed by atoms with Gasteiger partial charge in [0.25, 0.3) is 0 Å². The number of benzene rings is 4. The summed E-state index contributed by atoms with van der Waals surface area (Å²) >= 11 is 7.40. The summed E-state index contributed by atoms with van der Waals surface area (Å²) < 4.78 is 11.9. The molecule has 0 fully saturated rings. The van der Waals surface area contributed by atoms with Crippen LogP contribution in [0.2, 0.25) is 0 Å². The molecule has 0 aliphatic heterocycles. The van der Waals surface area contributed by atoms with Crippen molar-refractivity contribution in [3.8, 4) is 78.8 Å². The number of hydrogen-bond acceptors (Lipinski definition) is 10. The molecule has 390 valence electrons. The first-order chi connectivity index (χ1) is 36.8. The molecule has 2 aliphatic carbocycles. The predicted octanol–water partition coefficient (Wildman–Crippen LogP) is 15.3. The smallest absolute Gasteiger partial charge is 0.753 e. The first-order valence-electron chi connectivity index (χ1n) is 25.0. The number of thiocarbonyl (C=S) groups is 2.